The molecule has 0 saturated carbocycles. The Morgan fingerprint density at radius 3 is 2.64 bits per heavy atom. The molecule has 4 heteroatoms. The largest absolute Gasteiger partial charge is 0.465 e. The molecule has 0 aliphatic carbocycles. The third kappa shape index (κ3) is 2.92. The summed E-state index contributed by atoms with van der Waals surface area (Å²) in [7, 11) is 1.39. The summed E-state index contributed by atoms with van der Waals surface area (Å²) in [5.74, 6) is -0.373. The third-order valence-electron chi connectivity index (χ3n) is 3.34. The van der Waals surface area contributed by atoms with E-state index in [1.807, 2.05) is 42.6 Å². The van der Waals surface area contributed by atoms with Gasteiger partial charge in [0.05, 0.1) is 12.7 Å². The highest BCUT2D eigenvalue weighted by Crippen LogP contribution is 2.25. The summed E-state index contributed by atoms with van der Waals surface area (Å²) in [6.07, 6.45) is 1.83. The monoisotopic (exact) mass is 309 g/mol. The van der Waals surface area contributed by atoms with Crippen LogP contribution in [0, 0.1) is 6.92 Å². The molecule has 0 saturated heterocycles. The second-order valence-electron chi connectivity index (χ2n) is 4.95. The number of thiazole rings is 1. The molecule has 3 rings (SSSR count). The molecular formula is C18H15NO2S. The van der Waals surface area contributed by atoms with E-state index in [1.54, 1.807) is 0 Å². The second kappa shape index (κ2) is 6.12. The van der Waals surface area contributed by atoms with Crippen molar-refractivity contribution in [2.24, 2.45) is 0 Å². The predicted octanol–water partition coefficient (Wildman–Crippen LogP) is 4.32. The number of hydrogen-bond acceptors (Lipinski definition) is 4. The van der Waals surface area contributed by atoms with Gasteiger partial charge in [0.25, 0.3) is 0 Å². The number of fused-ring (bicyclic) bond motifs is 1. The lowest BCUT2D eigenvalue weighted by Gasteiger charge is -2.04. The van der Waals surface area contributed by atoms with Gasteiger partial charge in [0.2, 0.25) is 0 Å². The lowest BCUT2D eigenvalue weighted by Crippen LogP contribution is -2.03. The minimum atomic E-state index is -0.373. The molecule has 1 aromatic heterocycles. The lowest BCUT2D eigenvalue weighted by molar-refractivity contribution is -0.133. The number of rotatable bonds is 3. The standard InChI is InChI=1S/C18H15NO2S/c1-12-11-22-17(19-12)16(18(20)21-2)10-13-7-8-14-5-3-4-6-15(14)9-13/h3-11H,1-2H3/b16-10-. The summed E-state index contributed by atoms with van der Waals surface area (Å²) in [5, 5.41) is 4.91. The zero-order chi connectivity index (χ0) is 15.5. The van der Waals surface area contributed by atoms with Gasteiger partial charge in [0, 0.05) is 11.1 Å². The van der Waals surface area contributed by atoms with E-state index in [2.05, 4.69) is 23.2 Å². The highest BCUT2D eigenvalue weighted by Gasteiger charge is 2.16. The van der Waals surface area contributed by atoms with Crippen molar-refractivity contribution in [1.82, 2.24) is 4.98 Å². The van der Waals surface area contributed by atoms with Crippen LogP contribution in [0.25, 0.3) is 22.4 Å². The number of benzene rings is 2. The molecule has 0 aliphatic rings. The number of ether oxygens (including phenoxy) is 1. The molecule has 0 radical (unpaired) electrons. The number of hydrogen-bond donors (Lipinski definition) is 0. The van der Waals surface area contributed by atoms with Gasteiger partial charge >= 0.3 is 5.97 Å². The first-order valence-corrected chi connectivity index (χ1v) is 7.76. The topological polar surface area (TPSA) is 39.2 Å². The molecule has 0 atom stereocenters. The van der Waals surface area contributed by atoms with E-state index in [-0.39, 0.29) is 5.97 Å². The maximum atomic E-state index is 12.1. The molecule has 0 unspecified atom stereocenters. The van der Waals surface area contributed by atoms with Crippen molar-refractivity contribution in [3.8, 4) is 0 Å². The number of aryl methyl sites for hydroxylation is 1. The van der Waals surface area contributed by atoms with Gasteiger partial charge in [-0.25, -0.2) is 9.78 Å². The van der Waals surface area contributed by atoms with Crippen molar-refractivity contribution in [1.29, 1.82) is 0 Å². The van der Waals surface area contributed by atoms with Gasteiger partial charge in [-0.1, -0.05) is 36.4 Å². The number of methoxy groups -OCH3 is 1. The molecule has 0 spiro atoms. The molecule has 0 N–H and O–H groups in total. The van der Waals surface area contributed by atoms with E-state index < -0.39 is 0 Å². The fraction of sp³-hybridized carbons (Fsp3) is 0.111. The second-order valence-corrected chi connectivity index (χ2v) is 5.81. The van der Waals surface area contributed by atoms with Crippen LogP contribution in [0.15, 0.2) is 47.8 Å². The van der Waals surface area contributed by atoms with Crippen LogP contribution in [-0.4, -0.2) is 18.1 Å². The lowest BCUT2D eigenvalue weighted by atomic mass is 10.1. The van der Waals surface area contributed by atoms with Crippen LogP contribution in [0.1, 0.15) is 16.3 Å². The summed E-state index contributed by atoms with van der Waals surface area (Å²) in [6.45, 7) is 1.91. The average molecular weight is 309 g/mol. The summed E-state index contributed by atoms with van der Waals surface area (Å²) in [4.78, 5) is 16.5. The van der Waals surface area contributed by atoms with Crippen molar-refractivity contribution in [2.75, 3.05) is 7.11 Å². The van der Waals surface area contributed by atoms with Crippen LogP contribution in [0.4, 0.5) is 0 Å². The minimum Gasteiger partial charge on any atom is -0.465 e. The Morgan fingerprint density at radius 1 is 1.18 bits per heavy atom. The Kier molecular flexibility index (Phi) is 4.02. The molecule has 0 bridgehead atoms. The third-order valence-corrected chi connectivity index (χ3v) is 4.33. The quantitative estimate of drug-likeness (QED) is 0.534. The molecule has 0 amide bonds. The maximum Gasteiger partial charge on any atom is 0.340 e. The van der Waals surface area contributed by atoms with Crippen molar-refractivity contribution in [3.05, 3.63) is 64.1 Å². The number of aromatic nitrogens is 1. The summed E-state index contributed by atoms with van der Waals surface area (Å²) < 4.78 is 4.90. The molecule has 0 fully saturated rings. The smallest absolute Gasteiger partial charge is 0.340 e. The highest BCUT2D eigenvalue weighted by atomic mass is 32.1. The Labute approximate surface area is 132 Å². The molecule has 1 heterocycles. The van der Waals surface area contributed by atoms with Gasteiger partial charge in [0.1, 0.15) is 5.01 Å². The van der Waals surface area contributed by atoms with Crippen molar-refractivity contribution in [3.63, 3.8) is 0 Å². The highest BCUT2D eigenvalue weighted by molar-refractivity contribution is 7.11. The fourth-order valence-corrected chi connectivity index (χ4v) is 3.06. The molecule has 0 aliphatic heterocycles. The first-order chi connectivity index (χ1) is 10.7. The van der Waals surface area contributed by atoms with Gasteiger partial charge in [-0.15, -0.1) is 11.3 Å². The zero-order valence-corrected chi connectivity index (χ0v) is 13.2. The van der Waals surface area contributed by atoms with Crippen LogP contribution in [0.2, 0.25) is 0 Å². The van der Waals surface area contributed by atoms with Crippen molar-refractivity contribution >= 4 is 39.7 Å². The van der Waals surface area contributed by atoms with E-state index in [4.69, 9.17) is 4.74 Å². The van der Waals surface area contributed by atoms with Gasteiger partial charge < -0.3 is 4.74 Å². The Bertz CT molecular complexity index is 864. The average Bonchev–Trinajstić information content (AvgIpc) is 2.98. The summed E-state index contributed by atoms with van der Waals surface area (Å²) >= 11 is 1.44. The van der Waals surface area contributed by atoms with E-state index in [0.717, 1.165) is 16.6 Å². The van der Waals surface area contributed by atoms with Gasteiger partial charge in [0.15, 0.2) is 0 Å². The van der Waals surface area contributed by atoms with Gasteiger partial charge in [-0.3, -0.25) is 0 Å². The van der Waals surface area contributed by atoms with Crippen LogP contribution >= 0.6 is 11.3 Å². The first kappa shape index (κ1) is 14.5. The van der Waals surface area contributed by atoms with Gasteiger partial charge in [-0.05, 0) is 35.4 Å². The zero-order valence-electron chi connectivity index (χ0n) is 12.4. The van der Waals surface area contributed by atoms with Gasteiger partial charge in [-0.2, -0.15) is 0 Å². The number of carbonyl (C=O) groups is 1. The number of carbonyl (C=O) groups excluding carboxylic acids is 1. The van der Waals surface area contributed by atoms with Crippen molar-refractivity contribution < 1.29 is 9.53 Å². The normalized spacial score (nSPS) is 11.6. The minimum absolute atomic E-state index is 0.373. The van der Waals surface area contributed by atoms with E-state index in [0.29, 0.717) is 10.6 Å². The molecule has 22 heavy (non-hydrogen) atoms. The Hall–Kier alpha value is -2.46. The summed E-state index contributed by atoms with van der Waals surface area (Å²) in [5.41, 5.74) is 2.33. The summed E-state index contributed by atoms with van der Waals surface area (Å²) in [6, 6.07) is 14.2. The number of nitrogens with zero attached hydrogens (tertiary/aromatic N) is 1. The molecule has 110 valence electrons. The first-order valence-electron chi connectivity index (χ1n) is 6.88. The molecule has 3 aromatic rings. The molecular weight excluding hydrogens is 294 g/mol. The Morgan fingerprint density at radius 2 is 1.95 bits per heavy atom. The fourth-order valence-electron chi connectivity index (χ4n) is 2.26. The van der Waals surface area contributed by atoms with Crippen LogP contribution in [0.5, 0.6) is 0 Å². The van der Waals surface area contributed by atoms with E-state index in [1.165, 1.54) is 23.8 Å². The number of esters is 1. The van der Waals surface area contributed by atoms with Crippen LogP contribution < -0.4 is 0 Å². The molecule has 2 aromatic carbocycles. The van der Waals surface area contributed by atoms with Crippen LogP contribution in [0.3, 0.4) is 0 Å². The SMILES string of the molecule is COC(=O)/C(=C\c1ccc2ccccc2c1)c1nc(C)cs1. The van der Waals surface area contributed by atoms with E-state index in [9.17, 15) is 4.79 Å². The van der Waals surface area contributed by atoms with E-state index >= 15 is 0 Å². The predicted molar refractivity (Wildman–Crippen MR) is 90.7 cm³/mol. The van der Waals surface area contributed by atoms with Crippen molar-refractivity contribution in [2.45, 2.75) is 6.92 Å². The van der Waals surface area contributed by atoms with Crippen LogP contribution in [-0.2, 0) is 9.53 Å². The molecule has 3 nitrogen and oxygen atoms in total. The maximum absolute atomic E-state index is 12.1. The Balaban J connectivity index is 2.08.